The number of nitrogens with zero attached hydrogens (tertiary/aromatic N) is 3. The zero-order valence-electron chi connectivity index (χ0n) is 21.4. The van der Waals surface area contributed by atoms with E-state index >= 15 is 0 Å². The summed E-state index contributed by atoms with van der Waals surface area (Å²) in [5, 5.41) is 18.1. The molecule has 1 atom stereocenters. The molecule has 2 heterocycles. The Morgan fingerprint density at radius 2 is 1.80 bits per heavy atom. The van der Waals surface area contributed by atoms with Crippen molar-refractivity contribution in [2.75, 3.05) is 0 Å². The summed E-state index contributed by atoms with van der Waals surface area (Å²) < 4.78 is 29.6. The molecule has 10 heteroatoms. The maximum absolute atomic E-state index is 14.1. The third-order valence-corrected chi connectivity index (χ3v) is 6.54. The van der Waals surface area contributed by atoms with E-state index in [1.165, 1.54) is 22.9 Å². The first-order chi connectivity index (χ1) is 19.2. The van der Waals surface area contributed by atoms with Gasteiger partial charge in [-0.1, -0.05) is 18.2 Å². The molecular weight excluding hydrogens is 516 g/mol. The van der Waals surface area contributed by atoms with E-state index in [0.29, 0.717) is 39.2 Å². The van der Waals surface area contributed by atoms with Gasteiger partial charge < -0.3 is 16.2 Å². The number of carbonyl (C=O) groups excluding carboxylic acids is 2. The van der Waals surface area contributed by atoms with E-state index in [4.69, 9.17) is 5.73 Å². The number of pyridine rings is 1. The van der Waals surface area contributed by atoms with Crippen LogP contribution in [0.1, 0.15) is 33.4 Å². The molecule has 0 saturated heterocycles. The van der Waals surface area contributed by atoms with Gasteiger partial charge in [-0.3, -0.25) is 19.3 Å². The number of nitrogens with two attached hydrogens (primary N) is 1. The van der Waals surface area contributed by atoms with Crippen molar-refractivity contribution >= 4 is 22.7 Å². The van der Waals surface area contributed by atoms with Crippen molar-refractivity contribution in [2.45, 2.75) is 25.9 Å². The van der Waals surface area contributed by atoms with Crippen molar-refractivity contribution in [3.8, 4) is 16.9 Å². The maximum atomic E-state index is 14.1. The van der Waals surface area contributed by atoms with Gasteiger partial charge in [-0.25, -0.2) is 8.78 Å². The summed E-state index contributed by atoms with van der Waals surface area (Å²) in [7, 11) is 0. The lowest BCUT2D eigenvalue weighted by Crippen LogP contribution is -2.34. The van der Waals surface area contributed by atoms with Gasteiger partial charge in [0.15, 0.2) is 0 Å². The number of rotatable bonds is 8. The summed E-state index contributed by atoms with van der Waals surface area (Å²) in [4.78, 5) is 29.7. The molecule has 0 aliphatic rings. The Kier molecular flexibility index (Phi) is 7.24. The number of halogens is 2. The van der Waals surface area contributed by atoms with Gasteiger partial charge in [0, 0.05) is 34.8 Å². The molecule has 40 heavy (non-hydrogen) atoms. The number of primary amides is 1. The lowest BCUT2D eigenvalue weighted by atomic mass is 9.94. The van der Waals surface area contributed by atoms with Crippen molar-refractivity contribution in [1.29, 1.82) is 0 Å². The largest absolute Gasteiger partial charge is 0.508 e. The zero-order valence-corrected chi connectivity index (χ0v) is 21.4. The molecule has 3 aromatic carbocycles. The highest BCUT2D eigenvalue weighted by Gasteiger charge is 2.23. The number of nitrogens with one attached hydrogen (secondary N) is 1. The molecule has 0 radical (unpaired) electrons. The number of carbonyl (C=O) groups is 2. The summed E-state index contributed by atoms with van der Waals surface area (Å²) in [6, 6.07) is 17.3. The molecule has 5 aromatic rings. The lowest BCUT2D eigenvalue weighted by molar-refractivity contribution is -0.122. The first kappa shape index (κ1) is 26.5. The van der Waals surface area contributed by atoms with Crippen LogP contribution in [0.15, 0.2) is 79.0 Å². The molecular formula is C30H25F2N5O3. The van der Waals surface area contributed by atoms with Crippen molar-refractivity contribution in [1.82, 2.24) is 20.1 Å². The molecule has 0 bridgehead atoms. The molecule has 0 spiro atoms. The number of benzene rings is 3. The van der Waals surface area contributed by atoms with Gasteiger partial charge in [0.2, 0.25) is 11.8 Å². The molecule has 5 rings (SSSR count). The second-order valence-corrected chi connectivity index (χ2v) is 9.43. The normalized spacial score (nSPS) is 11.9. The number of fused-ring (bicyclic) bond motifs is 1. The van der Waals surface area contributed by atoms with Gasteiger partial charge in [0.1, 0.15) is 23.9 Å². The van der Waals surface area contributed by atoms with Crippen LogP contribution in [-0.4, -0.2) is 31.7 Å². The van der Waals surface area contributed by atoms with Gasteiger partial charge in [-0.2, -0.15) is 5.10 Å². The highest BCUT2D eigenvalue weighted by molar-refractivity contribution is 5.94. The fraction of sp³-hybridized carbons (Fsp3) is 0.133. The fourth-order valence-corrected chi connectivity index (χ4v) is 4.78. The van der Waals surface area contributed by atoms with Crippen molar-refractivity contribution < 1.29 is 23.5 Å². The average molecular weight is 542 g/mol. The topological polar surface area (TPSA) is 123 Å². The predicted octanol–water partition coefficient (Wildman–Crippen LogP) is 4.59. The van der Waals surface area contributed by atoms with Gasteiger partial charge in [-0.15, -0.1) is 0 Å². The molecule has 0 saturated carbocycles. The Bertz CT molecular complexity index is 1730. The van der Waals surface area contributed by atoms with Crippen molar-refractivity contribution in [2.24, 2.45) is 5.73 Å². The third-order valence-electron chi connectivity index (χ3n) is 6.54. The molecule has 202 valence electrons. The first-order valence-electron chi connectivity index (χ1n) is 12.4. The van der Waals surface area contributed by atoms with Gasteiger partial charge in [-0.05, 0) is 66.9 Å². The van der Waals surface area contributed by atoms with Gasteiger partial charge in [0.05, 0.1) is 22.9 Å². The molecule has 8 nitrogen and oxygen atoms in total. The van der Waals surface area contributed by atoms with E-state index in [2.05, 4.69) is 15.4 Å². The van der Waals surface area contributed by atoms with E-state index in [-0.39, 0.29) is 18.7 Å². The number of hydrogen-bond acceptors (Lipinski definition) is 5. The first-order valence-corrected chi connectivity index (χ1v) is 12.4. The number of phenolic OH excluding ortho intramolecular Hbond substituents is 1. The summed E-state index contributed by atoms with van der Waals surface area (Å²) in [6.07, 6.45) is 1.58. The number of phenols is 1. The van der Waals surface area contributed by atoms with Crippen LogP contribution < -0.4 is 11.1 Å². The van der Waals surface area contributed by atoms with E-state index in [0.717, 1.165) is 11.5 Å². The third kappa shape index (κ3) is 5.65. The smallest absolute Gasteiger partial charge is 0.248 e. The average Bonchev–Trinajstić information content (AvgIpc) is 3.21. The maximum Gasteiger partial charge on any atom is 0.248 e. The summed E-state index contributed by atoms with van der Waals surface area (Å²) in [6.45, 7) is 1.62. The zero-order chi connectivity index (χ0) is 28.4. The highest BCUT2D eigenvalue weighted by Crippen LogP contribution is 2.30. The molecule has 2 aromatic heterocycles. The molecule has 2 amide bonds. The Morgan fingerprint density at radius 3 is 2.55 bits per heavy atom. The number of aromatic hydroxyl groups is 1. The Labute approximate surface area is 228 Å². The minimum Gasteiger partial charge on any atom is -0.508 e. The Morgan fingerprint density at radius 1 is 1.02 bits per heavy atom. The minimum absolute atomic E-state index is 0.0274. The van der Waals surface area contributed by atoms with E-state index < -0.39 is 29.5 Å². The van der Waals surface area contributed by atoms with E-state index in [1.807, 2.05) is 0 Å². The Balaban J connectivity index is 1.53. The van der Waals surface area contributed by atoms with Gasteiger partial charge >= 0.3 is 0 Å². The molecule has 4 N–H and O–H groups in total. The number of aromatic nitrogens is 3. The fourth-order valence-electron chi connectivity index (χ4n) is 4.78. The van der Waals surface area contributed by atoms with Crippen LogP contribution in [0.3, 0.4) is 0 Å². The summed E-state index contributed by atoms with van der Waals surface area (Å²) in [5.41, 5.74) is 9.03. The minimum atomic E-state index is -0.807. The molecule has 0 unspecified atom stereocenters. The van der Waals surface area contributed by atoms with Crippen LogP contribution in [0.4, 0.5) is 8.78 Å². The second-order valence-electron chi connectivity index (χ2n) is 9.43. The number of aryl methyl sites for hydroxylation is 1. The molecule has 0 fully saturated rings. The SMILES string of the molecule is Cc1nn(CC(=O)N[C@@H](Cc2cc(F)cc(F)c2)c2ncccc2-c2cccc(C(N)=O)c2)c2cc(O)ccc12. The van der Waals surface area contributed by atoms with Crippen LogP contribution in [0, 0.1) is 18.6 Å². The number of hydrogen-bond donors (Lipinski definition) is 3. The van der Waals surface area contributed by atoms with Crippen LogP contribution >= 0.6 is 0 Å². The van der Waals surface area contributed by atoms with E-state index in [1.54, 1.807) is 61.7 Å². The predicted molar refractivity (Wildman–Crippen MR) is 145 cm³/mol. The molecule has 0 aliphatic heterocycles. The van der Waals surface area contributed by atoms with Crippen LogP contribution in [0.2, 0.25) is 0 Å². The quantitative estimate of drug-likeness (QED) is 0.265. The number of amides is 2. The van der Waals surface area contributed by atoms with E-state index in [9.17, 15) is 23.5 Å². The summed E-state index contributed by atoms with van der Waals surface area (Å²) >= 11 is 0. The Hall–Kier alpha value is -5.12. The second kappa shape index (κ2) is 10.9. The van der Waals surface area contributed by atoms with Crippen LogP contribution in [0.25, 0.3) is 22.0 Å². The molecule has 0 aliphatic carbocycles. The van der Waals surface area contributed by atoms with Crippen LogP contribution in [0.5, 0.6) is 5.75 Å². The summed E-state index contributed by atoms with van der Waals surface area (Å²) in [5.74, 6) is -2.48. The van der Waals surface area contributed by atoms with Crippen molar-refractivity contribution in [3.05, 3.63) is 113 Å². The highest BCUT2D eigenvalue weighted by atomic mass is 19.1. The van der Waals surface area contributed by atoms with Crippen LogP contribution in [-0.2, 0) is 17.8 Å². The monoisotopic (exact) mass is 541 g/mol. The van der Waals surface area contributed by atoms with Crippen molar-refractivity contribution in [3.63, 3.8) is 0 Å². The standard InChI is InChI=1S/C30H25F2N5O3/c1-17-24-8-7-23(38)15-27(24)37(36-17)16-28(39)35-26(12-18-10-21(31)14-22(32)11-18)29-25(6-3-9-34-29)19-4-2-5-20(13-19)30(33)40/h2-11,13-15,26,38H,12,16H2,1H3,(H2,33,40)(H,35,39)/t26-/m0/s1. The lowest BCUT2D eigenvalue weighted by Gasteiger charge is -2.22. The van der Waals surface area contributed by atoms with Gasteiger partial charge in [0.25, 0.3) is 0 Å².